The van der Waals surface area contributed by atoms with E-state index in [0.29, 0.717) is 0 Å². The van der Waals surface area contributed by atoms with E-state index in [1.165, 1.54) is 0 Å². The van der Waals surface area contributed by atoms with Crippen LogP contribution in [0, 0.1) is 0 Å². The van der Waals surface area contributed by atoms with Gasteiger partial charge < -0.3 is 4.40 Å². The molecule has 0 atom stereocenters. The normalized spacial score (nSPS) is 7.33. The maximum atomic E-state index is 4.08. The van der Waals surface area contributed by atoms with Crippen molar-refractivity contribution in [3.8, 4) is 0 Å². The number of nitrogens with zero attached hydrogens (tertiary/aromatic N) is 2. The highest BCUT2D eigenvalue weighted by molar-refractivity contribution is 5.36. The largest absolute Gasteiger partial charge is 0.307 e. The molecule has 0 aromatic carbocycles. The van der Waals surface area contributed by atoms with Crippen molar-refractivity contribution in [3.05, 3.63) is 36.8 Å². The second kappa shape index (κ2) is 12.7. The molecule has 0 aliphatic carbocycles. The molecule has 86 valence electrons. The molecule has 0 aliphatic rings. The van der Waals surface area contributed by atoms with E-state index in [4.69, 9.17) is 0 Å². The van der Waals surface area contributed by atoms with Gasteiger partial charge in [-0.1, -0.05) is 47.6 Å². The van der Waals surface area contributed by atoms with Crippen molar-refractivity contribution in [3.63, 3.8) is 0 Å². The standard InChI is InChI=1S/C7H6N2.3C2H6/c1-2-5-9-6-4-8-7(9)3-1;3*1-2/h1-6H;3*1-2H3. The average Bonchev–Trinajstić information content (AvgIpc) is 2.85. The zero-order valence-corrected chi connectivity index (χ0v) is 10.9. The molecular weight excluding hydrogens is 184 g/mol. The predicted molar refractivity (Wildman–Crippen MR) is 69.2 cm³/mol. The molecule has 0 fully saturated rings. The highest BCUT2D eigenvalue weighted by Crippen LogP contribution is 1.96. The van der Waals surface area contributed by atoms with Gasteiger partial charge in [-0.25, -0.2) is 4.98 Å². The number of rotatable bonds is 0. The van der Waals surface area contributed by atoms with Gasteiger partial charge in [-0.3, -0.25) is 0 Å². The van der Waals surface area contributed by atoms with Gasteiger partial charge in [0.05, 0.1) is 0 Å². The van der Waals surface area contributed by atoms with E-state index >= 15 is 0 Å². The molecule has 0 saturated heterocycles. The molecule has 0 radical (unpaired) electrons. The van der Waals surface area contributed by atoms with Gasteiger partial charge in [-0.15, -0.1) is 0 Å². The van der Waals surface area contributed by atoms with Crippen molar-refractivity contribution in [2.24, 2.45) is 0 Å². The molecular formula is C13H24N2. The lowest BCUT2D eigenvalue weighted by molar-refractivity contribution is 1.19. The van der Waals surface area contributed by atoms with Crippen molar-refractivity contribution >= 4 is 5.65 Å². The molecule has 0 bridgehead atoms. The van der Waals surface area contributed by atoms with E-state index < -0.39 is 0 Å². The van der Waals surface area contributed by atoms with Gasteiger partial charge >= 0.3 is 0 Å². The molecule has 0 aliphatic heterocycles. The van der Waals surface area contributed by atoms with Crippen LogP contribution in [0.15, 0.2) is 36.8 Å². The first-order valence-corrected chi connectivity index (χ1v) is 5.84. The molecule has 2 heteroatoms. The van der Waals surface area contributed by atoms with E-state index in [1.807, 2.05) is 76.5 Å². The summed E-state index contributed by atoms with van der Waals surface area (Å²) in [4.78, 5) is 4.08. The molecule has 2 rings (SSSR count). The van der Waals surface area contributed by atoms with Crippen molar-refractivity contribution in [1.29, 1.82) is 0 Å². The summed E-state index contributed by atoms with van der Waals surface area (Å²) in [7, 11) is 0. The summed E-state index contributed by atoms with van der Waals surface area (Å²) in [5.41, 5.74) is 0.998. The van der Waals surface area contributed by atoms with Crippen molar-refractivity contribution in [2.75, 3.05) is 0 Å². The molecule has 0 spiro atoms. The van der Waals surface area contributed by atoms with E-state index in [1.54, 1.807) is 6.20 Å². The van der Waals surface area contributed by atoms with Gasteiger partial charge in [0.1, 0.15) is 5.65 Å². The second-order valence-electron chi connectivity index (χ2n) is 1.89. The van der Waals surface area contributed by atoms with Crippen LogP contribution in [0.4, 0.5) is 0 Å². The van der Waals surface area contributed by atoms with Gasteiger partial charge in [0.2, 0.25) is 0 Å². The van der Waals surface area contributed by atoms with E-state index in [9.17, 15) is 0 Å². The minimum atomic E-state index is 0.998. The Morgan fingerprint density at radius 1 is 0.867 bits per heavy atom. The lowest BCUT2D eigenvalue weighted by Crippen LogP contribution is -1.77. The predicted octanol–water partition coefficient (Wildman–Crippen LogP) is 4.41. The number of pyridine rings is 1. The summed E-state index contributed by atoms with van der Waals surface area (Å²) in [6, 6.07) is 5.93. The second-order valence-corrected chi connectivity index (χ2v) is 1.89. The molecule has 2 aromatic heterocycles. The number of hydrogen-bond donors (Lipinski definition) is 0. The topological polar surface area (TPSA) is 17.3 Å². The van der Waals surface area contributed by atoms with Crippen LogP contribution in [-0.2, 0) is 0 Å². The molecule has 0 saturated carbocycles. The number of hydrogen-bond acceptors (Lipinski definition) is 1. The van der Waals surface area contributed by atoms with Crippen LogP contribution in [-0.4, -0.2) is 9.38 Å². The smallest absolute Gasteiger partial charge is 0.136 e. The maximum absolute atomic E-state index is 4.08. The molecule has 2 aromatic rings. The van der Waals surface area contributed by atoms with Crippen LogP contribution >= 0.6 is 0 Å². The van der Waals surface area contributed by atoms with Crippen molar-refractivity contribution in [2.45, 2.75) is 41.5 Å². The summed E-state index contributed by atoms with van der Waals surface area (Å²) in [5, 5.41) is 0. The Kier molecular flexibility index (Phi) is 13.6. The van der Waals surface area contributed by atoms with E-state index in [-0.39, 0.29) is 0 Å². The van der Waals surface area contributed by atoms with Crippen molar-refractivity contribution < 1.29 is 0 Å². The first kappa shape index (κ1) is 16.1. The highest BCUT2D eigenvalue weighted by atomic mass is 15.0. The third-order valence-corrected chi connectivity index (χ3v) is 1.30. The summed E-state index contributed by atoms with van der Waals surface area (Å²) in [6.45, 7) is 12.0. The SMILES string of the molecule is CC.CC.CC.c1ccn2ccnc2c1. The Balaban J connectivity index is 0. The first-order chi connectivity index (χ1) is 7.47. The van der Waals surface area contributed by atoms with Crippen LogP contribution in [0.2, 0.25) is 0 Å². The fourth-order valence-corrected chi connectivity index (χ4v) is 0.864. The molecule has 2 nitrogen and oxygen atoms in total. The summed E-state index contributed by atoms with van der Waals surface area (Å²) in [6.07, 6.45) is 5.69. The van der Waals surface area contributed by atoms with Crippen LogP contribution in [0.3, 0.4) is 0 Å². The van der Waals surface area contributed by atoms with Crippen LogP contribution in [0.5, 0.6) is 0 Å². The van der Waals surface area contributed by atoms with E-state index in [2.05, 4.69) is 4.98 Å². The van der Waals surface area contributed by atoms with Gasteiger partial charge in [0, 0.05) is 18.6 Å². The van der Waals surface area contributed by atoms with Gasteiger partial charge in [0.15, 0.2) is 0 Å². The summed E-state index contributed by atoms with van der Waals surface area (Å²) < 4.78 is 1.97. The van der Waals surface area contributed by atoms with Crippen LogP contribution in [0.1, 0.15) is 41.5 Å². The number of fused-ring (bicyclic) bond motifs is 1. The highest BCUT2D eigenvalue weighted by Gasteiger charge is 1.85. The molecule has 0 unspecified atom stereocenters. The Morgan fingerprint density at radius 2 is 1.47 bits per heavy atom. The Morgan fingerprint density at radius 3 is 2.00 bits per heavy atom. The van der Waals surface area contributed by atoms with Gasteiger partial charge in [0.25, 0.3) is 0 Å². The summed E-state index contributed by atoms with van der Waals surface area (Å²) in [5.74, 6) is 0. The molecule has 0 N–H and O–H groups in total. The minimum absolute atomic E-state index is 0.998. The first-order valence-electron chi connectivity index (χ1n) is 5.84. The van der Waals surface area contributed by atoms with Crippen LogP contribution in [0.25, 0.3) is 5.65 Å². The minimum Gasteiger partial charge on any atom is -0.307 e. The van der Waals surface area contributed by atoms with Crippen molar-refractivity contribution in [1.82, 2.24) is 9.38 Å². The summed E-state index contributed by atoms with van der Waals surface area (Å²) >= 11 is 0. The molecule has 2 heterocycles. The quantitative estimate of drug-likeness (QED) is 0.626. The zero-order chi connectivity index (χ0) is 12.1. The van der Waals surface area contributed by atoms with Crippen LogP contribution < -0.4 is 0 Å². The third-order valence-electron chi connectivity index (χ3n) is 1.30. The Labute approximate surface area is 94.0 Å². The fraction of sp³-hybridized carbons (Fsp3) is 0.462. The monoisotopic (exact) mass is 208 g/mol. The van der Waals surface area contributed by atoms with Gasteiger partial charge in [-0.2, -0.15) is 0 Å². The molecule has 15 heavy (non-hydrogen) atoms. The Bertz CT molecular complexity index is 283. The number of imidazole rings is 1. The maximum Gasteiger partial charge on any atom is 0.136 e. The lowest BCUT2D eigenvalue weighted by Gasteiger charge is -1.86. The lowest BCUT2D eigenvalue weighted by atomic mass is 10.5. The third kappa shape index (κ3) is 5.89. The number of aromatic nitrogens is 2. The molecule has 0 amide bonds. The van der Waals surface area contributed by atoms with Gasteiger partial charge in [-0.05, 0) is 12.1 Å². The fourth-order valence-electron chi connectivity index (χ4n) is 0.864. The van der Waals surface area contributed by atoms with E-state index in [0.717, 1.165) is 5.65 Å². The Hall–Kier alpha value is -1.31. The average molecular weight is 208 g/mol. The zero-order valence-electron chi connectivity index (χ0n) is 10.9.